The summed E-state index contributed by atoms with van der Waals surface area (Å²) >= 11 is 0. The van der Waals surface area contributed by atoms with E-state index in [9.17, 15) is 26.3 Å². The Kier molecular flexibility index (Phi) is 11.9. The number of nitrogens with zero attached hydrogens (tertiary/aromatic N) is 2. The first-order chi connectivity index (χ1) is 26.9. The van der Waals surface area contributed by atoms with Gasteiger partial charge in [-0.3, -0.25) is 0 Å². The van der Waals surface area contributed by atoms with E-state index in [0.29, 0.717) is 33.9 Å². The number of hydrogen-bond acceptors (Lipinski definition) is 3. The maximum Gasteiger partial charge on any atom is 0.598 e. The van der Waals surface area contributed by atoms with Crippen molar-refractivity contribution in [2.45, 2.75) is 67.5 Å². The zero-order valence-electron chi connectivity index (χ0n) is 33.3. The van der Waals surface area contributed by atoms with Crippen molar-refractivity contribution < 1.29 is 35.7 Å². The van der Waals surface area contributed by atoms with Crippen LogP contribution in [0.1, 0.15) is 61.3 Å². The average molecular weight is 783 g/mol. The topological polar surface area (TPSA) is 35.8 Å². The van der Waals surface area contributed by atoms with E-state index >= 15 is 0 Å². The van der Waals surface area contributed by atoms with Gasteiger partial charge in [0.15, 0.2) is 0 Å². The number of benzene rings is 4. The number of hydrogen-bond donors (Lipinski definition) is 0. The highest BCUT2D eigenvalue weighted by atomic mass is 19.4. The van der Waals surface area contributed by atoms with Crippen LogP contribution in [0, 0.1) is 55.4 Å². The summed E-state index contributed by atoms with van der Waals surface area (Å²) in [5, 5.41) is 0. The van der Waals surface area contributed by atoms with Crippen LogP contribution in [0.25, 0.3) is 34.0 Å². The maximum absolute atomic E-state index is 14.6. The smallest absolute Gasteiger partial charge is 0.389 e. The van der Waals surface area contributed by atoms with E-state index in [2.05, 4.69) is 12.1 Å². The van der Waals surface area contributed by atoms with Gasteiger partial charge in [-0.2, -0.15) is 22.0 Å². The minimum atomic E-state index is -5.89. The van der Waals surface area contributed by atoms with Gasteiger partial charge < -0.3 is 13.8 Å². The van der Waals surface area contributed by atoms with E-state index in [1.165, 1.54) is 4.48 Å². The summed E-state index contributed by atoms with van der Waals surface area (Å²) in [6.45, 7) is 12.2. The number of aryl methyl sites for hydroxylation is 8. The molecule has 296 valence electrons. The highest BCUT2D eigenvalue weighted by molar-refractivity contribution is 6.44. The van der Waals surface area contributed by atoms with Crippen molar-refractivity contribution in [1.82, 2.24) is 4.48 Å². The molecule has 0 aliphatic carbocycles. The summed E-state index contributed by atoms with van der Waals surface area (Å²) < 4.78 is 96.2. The summed E-state index contributed by atoms with van der Waals surface area (Å²) in [7, 11) is -1.91. The second kappa shape index (κ2) is 16.4. The van der Waals surface area contributed by atoms with Crippen LogP contribution in [-0.2, 0) is 9.31 Å². The Morgan fingerprint density at radius 3 is 1.72 bits per heavy atom. The first-order valence-corrected chi connectivity index (χ1v) is 18.7. The molecule has 6 rings (SSSR count). The molecule has 0 unspecified atom stereocenters. The molecule has 0 spiro atoms. The lowest BCUT2D eigenvalue weighted by Gasteiger charge is -2.24. The SMILES string of the molecule is Cc1ccc(C2=N/C(=C\c3c(-c4cc(C)c(C)cc4C)cc(-c4ccc(C)cc4)n3B(OCCF)OCC(F)(F)C(F)(F)F)C(c3cc(C)c(C)cc3C)=C2)cc1. The van der Waals surface area contributed by atoms with Crippen LogP contribution in [0.5, 0.6) is 0 Å². The van der Waals surface area contributed by atoms with E-state index in [1.807, 2.05) is 128 Å². The summed E-state index contributed by atoms with van der Waals surface area (Å²) in [5.74, 6) is -5.22. The molecular weight excluding hydrogens is 737 g/mol. The molecule has 57 heavy (non-hydrogen) atoms. The van der Waals surface area contributed by atoms with E-state index in [0.717, 1.165) is 66.8 Å². The molecule has 5 aromatic rings. The quantitative estimate of drug-likeness (QED) is 0.0933. The molecule has 0 radical (unpaired) electrons. The van der Waals surface area contributed by atoms with Gasteiger partial charge in [-0.05, 0) is 124 Å². The lowest BCUT2D eigenvalue weighted by atomic mass is 9.92. The normalized spacial score (nSPS) is 14.0. The molecule has 11 heteroatoms. The molecule has 0 saturated carbocycles. The molecule has 1 aromatic heterocycles. The minimum Gasteiger partial charge on any atom is -0.389 e. The fourth-order valence-corrected chi connectivity index (χ4v) is 6.94. The summed E-state index contributed by atoms with van der Waals surface area (Å²) in [5.41, 5.74) is 14.6. The van der Waals surface area contributed by atoms with Gasteiger partial charge in [-0.15, -0.1) is 0 Å². The third-order valence-corrected chi connectivity index (χ3v) is 10.5. The Labute approximate surface area is 330 Å². The summed E-state index contributed by atoms with van der Waals surface area (Å²) in [6, 6.07) is 25.4. The predicted molar refractivity (Wildman–Crippen MR) is 219 cm³/mol. The van der Waals surface area contributed by atoms with Crippen LogP contribution in [0.4, 0.5) is 26.3 Å². The van der Waals surface area contributed by atoms with Gasteiger partial charge >= 0.3 is 19.4 Å². The third-order valence-electron chi connectivity index (χ3n) is 10.5. The number of halogens is 6. The molecular formula is C46H45BF6N2O2. The zero-order valence-corrected chi connectivity index (χ0v) is 33.3. The molecule has 0 atom stereocenters. The Balaban J connectivity index is 1.71. The fraction of sp³-hybridized carbons (Fsp3) is 0.283. The predicted octanol–water partition coefficient (Wildman–Crippen LogP) is 12.3. The van der Waals surface area contributed by atoms with Crippen LogP contribution >= 0.6 is 0 Å². The Morgan fingerprint density at radius 1 is 0.632 bits per heavy atom. The largest absolute Gasteiger partial charge is 0.598 e. The highest BCUT2D eigenvalue weighted by Crippen LogP contribution is 2.42. The Hall–Kier alpha value is -5.13. The molecule has 0 N–H and O–H groups in total. The van der Waals surface area contributed by atoms with E-state index in [1.54, 1.807) is 6.08 Å². The van der Waals surface area contributed by atoms with Crippen molar-refractivity contribution in [3.63, 3.8) is 0 Å². The third kappa shape index (κ3) is 8.75. The van der Waals surface area contributed by atoms with Gasteiger partial charge in [0.1, 0.15) is 13.3 Å². The molecule has 0 fully saturated rings. The lowest BCUT2D eigenvalue weighted by molar-refractivity contribution is -0.291. The minimum absolute atomic E-state index is 0.354. The standard InChI is InChI=1S/C46H45BF6N2O2/c1-27-9-13-35(14-10-27)41-23-39(37-21-31(5)29(3)19-33(37)7)42(54-41)25-44-40(38-22-32(6)30(4)20-34(38)8)24-43(36-15-11-28(2)12-16-36)55(44)47(56-18-17-48)57-26-45(49,50)46(51,52)53/h9-16,19-25H,17-18,26H2,1-8H3/b42-25-. The fourth-order valence-electron chi connectivity index (χ4n) is 6.94. The number of alkyl halides is 6. The molecule has 4 nitrogen and oxygen atoms in total. The van der Waals surface area contributed by atoms with Crippen molar-refractivity contribution in [3.05, 3.63) is 152 Å². The Morgan fingerprint density at radius 2 is 1.16 bits per heavy atom. The lowest BCUT2D eigenvalue weighted by Crippen LogP contribution is -2.45. The average Bonchev–Trinajstić information content (AvgIpc) is 3.73. The highest BCUT2D eigenvalue weighted by Gasteiger charge is 2.58. The molecule has 2 heterocycles. The van der Waals surface area contributed by atoms with Crippen molar-refractivity contribution >= 4 is 24.6 Å². The van der Waals surface area contributed by atoms with E-state index in [-0.39, 0.29) is 0 Å². The van der Waals surface area contributed by atoms with E-state index < -0.39 is 39.2 Å². The van der Waals surface area contributed by atoms with Crippen molar-refractivity contribution in [3.8, 4) is 22.4 Å². The molecule has 1 aliphatic heterocycles. The number of aliphatic imine (C=N–C) groups is 1. The van der Waals surface area contributed by atoms with E-state index in [4.69, 9.17) is 14.3 Å². The van der Waals surface area contributed by atoms with Crippen LogP contribution in [-0.4, -0.2) is 49.4 Å². The van der Waals surface area contributed by atoms with Crippen LogP contribution in [0.2, 0.25) is 0 Å². The molecule has 0 bridgehead atoms. The zero-order chi connectivity index (χ0) is 41.4. The first-order valence-electron chi connectivity index (χ1n) is 18.7. The summed E-state index contributed by atoms with van der Waals surface area (Å²) in [4.78, 5) is 5.16. The molecule has 1 aliphatic rings. The number of aromatic nitrogens is 1. The van der Waals surface area contributed by atoms with Gasteiger partial charge in [0.05, 0.1) is 18.0 Å². The molecule has 0 saturated heterocycles. The Bertz CT molecular complexity index is 2390. The van der Waals surface area contributed by atoms with Crippen molar-refractivity contribution in [1.29, 1.82) is 0 Å². The van der Waals surface area contributed by atoms with Gasteiger partial charge in [0, 0.05) is 28.1 Å². The second-order valence-corrected chi connectivity index (χ2v) is 14.9. The van der Waals surface area contributed by atoms with Crippen LogP contribution in [0.15, 0.2) is 95.6 Å². The maximum atomic E-state index is 14.6. The van der Waals surface area contributed by atoms with Gasteiger partial charge in [0.2, 0.25) is 0 Å². The van der Waals surface area contributed by atoms with Gasteiger partial charge in [-0.1, -0.05) is 83.9 Å². The van der Waals surface area contributed by atoms with Crippen molar-refractivity contribution in [2.75, 3.05) is 19.9 Å². The van der Waals surface area contributed by atoms with Gasteiger partial charge in [-0.25, -0.2) is 9.38 Å². The molecule has 4 aromatic carbocycles. The van der Waals surface area contributed by atoms with Gasteiger partial charge in [0.25, 0.3) is 0 Å². The second-order valence-electron chi connectivity index (χ2n) is 14.9. The van der Waals surface area contributed by atoms with Crippen LogP contribution < -0.4 is 0 Å². The molecule has 0 amide bonds. The summed E-state index contributed by atoms with van der Waals surface area (Å²) in [6.07, 6.45) is -2.10. The monoisotopic (exact) mass is 782 g/mol. The number of allylic oxidation sites excluding steroid dienone is 2. The van der Waals surface area contributed by atoms with Crippen LogP contribution in [0.3, 0.4) is 0 Å². The first kappa shape index (κ1) is 41.5. The number of rotatable bonds is 12. The van der Waals surface area contributed by atoms with Crippen molar-refractivity contribution in [2.24, 2.45) is 4.99 Å².